The lowest BCUT2D eigenvalue weighted by molar-refractivity contribution is -0.0335. The van der Waals surface area contributed by atoms with Crippen molar-refractivity contribution in [2.45, 2.75) is 31.3 Å². The number of imidazole rings is 1. The molecule has 0 aliphatic heterocycles. The second-order valence-electron chi connectivity index (χ2n) is 8.86. The highest BCUT2D eigenvalue weighted by Gasteiger charge is 2.41. The number of hydrogen-bond acceptors (Lipinski definition) is 5. The summed E-state index contributed by atoms with van der Waals surface area (Å²) < 4.78 is 1.90. The third-order valence-corrected chi connectivity index (χ3v) is 6.34. The summed E-state index contributed by atoms with van der Waals surface area (Å²) in [6, 6.07) is 20.2. The number of rotatable bonds is 3. The van der Waals surface area contributed by atoms with Gasteiger partial charge >= 0.3 is 0 Å². The van der Waals surface area contributed by atoms with E-state index in [0.717, 1.165) is 33.5 Å². The van der Waals surface area contributed by atoms with Gasteiger partial charge in [0.25, 0.3) is 0 Å². The third-order valence-electron chi connectivity index (χ3n) is 6.34. The third kappa shape index (κ3) is 3.03. The first-order valence-corrected chi connectivity index (χ1v) is 10.7. The quantitative estimate of drug-likeness (QED) is 0.430. The van der Waals surface area contributed by atoms with Crippen LogP contribution in [-0.4, -0.2) is 35.2 Å². The van der Waals surface area contributed by atoms with Crippen molar-refractivity contribution >= 4 is 16.4 Å². The predicted molar refractivity (Wildman–Crippen MR) is 123 cm³/mol. The van der Waals surface area contributed by atoms with Crippen LogP contribution in [0.5, 0.6) is 5.88 Å². The first-order chi connectivity index (χ1) is 15.5. The zero-order valence-corrected chi connectivity index (χ0v) is 17.6. The van der Waals surface area contributed by atoms with Crippen molar-refractivity contribution in [3.63, 3.8) is 0 Å². The predicted octanol–water partition coefficient (Wildman–Crippen LogP) is 4.95. The van der Waals surface area contributed by atoms with Crippen LogP contribution in [0.25, 0.3) is 38.9 Å². The summed E-state index contributed by atoms with van der Waals surface area (Å²) in [6.45, 7) is 1.85. The van der Waals surface area contributed by atoms with Crippen molar-refractivity contribution in [3.8, 4) is 28.4 Å². The van der Waals surface area contributed by atoms with Crippen molar-refractivity contribution in [1.82, 2.24) is 19.4 Å². The molecule has 3 heterocycles. The molecular weight excluding hydrogens is 400 g/mol. The molecule has 0 spiro atoms. The van der Waals surface area contributed by atoms with Crippen LogP contribution in [-0.2, 0) is 0 Å². The van der Waals surface area contributed by atoms with Crippen molar-refractivity contribution in [3.05, 3.63) is 78.9 Å². The molecule has 32 heavy (non-hydrogen) atoms. The number of nitrogens with zero attached hydrogens (tertiary/aromatic N) is 4. The van der Waals surface area contributed by atoms with Gasteiger partial charge in [-0.1, -0.05) is 48.5 Å². The largest absolute Gasteiger partial charge is 0.492 e. The Labute approximate surface area is 184 Å². The Bertz CT molecular complexity index is 1470. The maximum absolute atomic E-state index is 10.6. The molecule has 1 aliphatic carbocycles. The van der Waals surface area contributed by atoms with Crippen LogP contribution >= 0.6 is 0 Å². The molecule has 6 heteroatoms. The molecule has 1 saturated carbocycles. The van der Waals surface area contributed by atoms with Gasteiger partial charge in [-0.05, 0) is 31.9 Å². The van der Waals surface area contributed by atoms with Crippen molar-refractivity contribution in [2.75, 3.05) is 0 Å². The van der Waals surface area contributed by atoms with E-state index in [4.69, 9.17) is 9.97 Å². The molecule has 3 aromatic heterocycles. The molecular formula is C26H22N4O2. The number of benzene rings is 2. The van der Waals surface area contributed by atoms with Crippen LogP contribution in [0.1, 0.15) is 31.5 Å². The minimum Gasteiger partial charge on any atom is -0.492 e. The van der Waals surface area contributed by atoms with Crippen molar-refractivity contribution < 1.29 is 10.2 Å². The van der Waals surface area contributed by atoms with Crippen LogP contribution in [0.15, 0.2) is 73.1 Å². The summed E-state index contributed by atoms with van der Waals surface area (Å²) in [6.07, 6.45) is 4.69. The highest BCUT2D eigenvalue weighted by Crippen LogP contribution is 2.45. The van der Waals surface area contributed by atoms with Gasteiger partial charge in [0, 0.05) is 34.8 Å². The van der Waals surface area contributed by atoms with Gasteiger partial charge in [-0.15, -0.1) is 0 Å². The summed E-state index contributed by atoms with van der Waals surface area (Å²) in [7, 11) is 0. The highest BCUT2D eigenvalue weighted by molar-refractivity contribution is 5.89. The Morgan fingerprint density at radius 3 is 2.53 bits per heavy atom. The molecule has 6 nitrogen and oxygen atoms in total. The summed E-state index contributed by atoms with van der Waals surface area (Å²) in [5.41, 5.74) is 4.29. The van der Waals surface area contributed by atoms with Crippen LogP contribution in [0.4, 0.5) is 0 Å². The van der Waals surface area contributed by atoms with Crippen LogP contribution in [0.3, 0.4) is 0 Å². The van der Waals surface area contributed by atoms with E-state index in [-0.39, 0.29) is 11.8 Å². The average molecular weight is 422 g/mol. The summed E-state index contributed by atoms with van der Waals surface area (Å²) in [5.74, 6) is 0.917. The normalized spacial score (nSPS) is 20.5. The van der Waals surface area contributed by atoms with Crippen molar-refractivity contribution in [2.24, 2.45) is 0 Å². The lowest BCUT2D eigenvalue weighted by Crippen LogP contribution is -2.40. The molecule has 0 saturated heterocycles. The van der Waals surface area contributed by atoms with Gasteiger partial charge in [-0.2, -0.15) is 0 Å². The van der Waals surface area contributed by atoms with Gasteiger partial charge in [-0.3, -0.25) is 4.40 Å². The fourth-order valence-electron chi connectivity index (χ4n) is 4.75. The van der Waals surface area contributed by atoms with Gasteiger partial charge in [0.05, 0.1) is 16.8 Å². The lowest BCUT2D eigenvalue weighted by atomic mass is 9.72. The lowest BCUT2D eigenvalue weighted by Gasteiger charge is -2.40. The molecule has 0 amide bonds. The van der Waals surface area contributed by atoms with E-state index >= 15 is 0 Å². The minimum absolute atomic E-state index is 0.0570. The Kier molecular flexibility index (Phi) is 4.07. The van der Waals surface area contributed by atoms with E-state index in [1.165, 1.54) is 0 Å². The number of hydrogen-bond donors (Lipinski definition) is 2. The standard InChI is InChI=1S/C26H22N4O2/c1-26(32)14-19(15-26)24-29-22(23-25(31)27-11-12-30(23)24)18-8-7-17-9-10-20(28-21(17)13-18)16-5-3-2-4-6-16/h2-13,19,32H,14-15H2,1H3,(H,27,31)/t19-,26+. The van der Waals surface area contributed by atoms with E-state index in [2.05, 4.69) is 11.1 Å². The molecule has 0 atom stereocenters. The number of pyridine rings is 1. The minimum atomic E-state index is -0.660. The Morgan fingerprint density at radius 1 is 0.969 bits per heavy atom. The van der Waals surface area contributed by atoms with Gasteiger partial charge in [-0.25, -0.2) is 15.0 Å². The SMILES string of the molecule is C[C@]1(O)C[C@@H](c2nc(-c3ccc4ccc(-c5ccccc5)nc4c3)c3c(O)nccn32)C1. The molecule has 0 unspecified atom stereocenters. The monoisotopic (exact) mass is 422 g/mol. The number of aromatic nitrogens is 4. The summed E-state index contributed by atoms with van der Waals surface area (Å²) in [4.78, 5) is 13.9. The van der Waals surface area contributed by atoms with E-state index < -0.39 is 5.60 Å². The molecule has 2 N–H and O–H groups in total. The van der Waals surface area contributed by atoms with Gasteiger partial charge in [0.2, 0.25) is 5.88 Å². The van der Waals surface area contributed by atoms with Gasteiger partial charge in [0.1, 0.15) is 17.0 Å². The molecule has 2 aromatic carbocycles. The van der Waals surface area contributed by atoms with Gasteiger partial charge in [0.15, 0.2) is 0 Å². The Morgan fingerprint density at radius 2 is 1.75 bits per heavy atom. The van der Waals surface area contributed by atoms with Crippen LogP contribution < -0.4 is 0 Å². The fourth-order valence-corrected chi connectivity index (χ4v) is 4.75. The Hall–Kier alpha value is -3.77. The first-order valence-electron chi connectivity index (χ1n) is 10.7. The van der Waals surface area contributed by atoms with Gasteiger partial charge < -0.3 is 10.2 Å². The van der Waals surface area contributed by atoms with E-state index in [0.29, 0.717) is 24.1 Å². The van der Waals surface area contributed by atoms with Crippen molar-refractivity contribution in [1.29, 1.82) is 0 Å². The first kappa shape index (κ1) is 19.0. The molecule has 6 rings (SSSR count). The molecule has 0 radical (unpaired) electrons. The average Bonchev–Trinajstić information content (AvgIpc) is 3.18. The topological polar surface area (TPSA) is 83.5 Å². The maximum Gasteiger partial charge on any atom is 0.238 e. The summed E-state index contributed by atoms with van der Waals surface area (Å²) in [5, 5.41) is 21.8. The second-order valence-corrected chi connectivity index (χ2v) is 8.86. The second kappa shape index (κ2) is 6.87. The van der Waals surface area contributed by atoms with Crippen LogP contribution in [0.2, 0.25) is 0 Å². The molecule has 158 valence electrons. The van der Waals surface area contributed by atoms with E-state index in [9.17, 15) is 10.2 Å². The van der Waals surface area contributed by atoms with Crippen LogP contribution in [0, 0.1) is 0 Å². The maximum atomic E-state index is 10.6. The van der Waals surface area contributed by atoms with E-state index in [1.54, 1.807) is 6.20 Å². The smallest absolute Gasteiger partial charge is 0.238 e. The molecule has 1 fully saturated rings. The van der Waals surface area contributed by atoms with E-state index in [1.807, 2.05) is 72.1 Å². The zero-order valence-electron chi connectivity index (χ0n) is 17.6. The fraction of sp³-hybridized carbons (Fsp3) is 0.192. The molecule has 5 aromatic rings. The molecule has 0 bridgehead atoms. The molecule has 1 aliphatic rings. The highest BCUT2D eigenvalue weighted by atomic mass is 16.3. The Balaban J connectivity index is 1.50. The number of aliphatic hydroxyl groups is 1. The summed E-state index contributed by atoms with van der Waals surface area (Å²) >= 11 is 0. The number of aromatic hydroxyl groups is 1. The number of fused-ring (bicyclic) bond motifs is 2. The zero-order chi connectivity index (χ0) is 21.9.